The zero-order chi connectivity index (χ0) is 13.7. The lowest BCUT2D eigenvalue weighted by molar-refractivity contribution is -0.138. The Hall–Kier alpha value is -1.84. The fourth-order valence-corrected chi connectivity index (χ4v) is 2.02. The average molecular weight is 248 g/mol. The summed E-state index contributed by atoms with van der Waals surface area (Å²) >= 11 is 0. The molecule has 0 aliphatic heterocycles. The van der Waals surface area contributed by atoms with Crippen LogP contribution in [0.3, 0.4) is 0 Å². The first kappa shape index (κ1) is 14.2. The molecule has 98 valence electrons. The van der Waals surface area contributed by atoms with Gasteiger partial charge in [-0.05, 0) is 11.5 Å². The minimum Gasteiger partial charge on any atom is -0.368 e. The van der Waals surface area contributed by atoms with Gasteiger partial charge in [-0.25, -0.2) is 0 Å². The summed E-state index contributed by atoms with van der Waals surface area (Å²) < 4.78 is 0. The molecule has 4 heteroatoms. The van der Waals surface area contributed by atoms with Gasteiger partial charge in [-0.1, -0.05) is 44.2 Å². The van der Waals surface area contributed by atoms with Crippen molar-refractivity contribution < 1.29 is 9.59 Å². The third-order valence-electron chi connectivity index (χ3n) is 2.93. The highest BCUT2D eigenvalue weighted by atomic mass is 16.2. The molecule has 0 aliphatic rings. The highest BCUT2D eigenvalue weighted by molar-refractivity contribution is 5.87. The van der Waals surface area contributed by atoms with E-state index in [1.807, 2.05) is 44.2 Å². The van der Waals surface area contributed by atoms with Crippen molar-refractivity contribution in [3.63, 3.8) is 0 Å². The van der Waals surface area contributed by atoms with Gasteiger partial charge in [0.25, 0.3) is 0 Å². The van der Waals surface area contributed by atoms with Crippen molar-refractivity contribution in [2.45, 2.75) is 26.3 Å². The van der Waals surface area contributed by atoms with Crippen molar-refractivity contribution in [1.82, 2.24) is 4.90 Å². The van der Waals surface area contributed by atoms with Gasteiger partial charge < -0.3 is 10.6 Å². The van der Waals surface area contributed by atoms with E-state index >= 15 is 0 Å². The summed E-state index contributed by atoms with van der Waals surface area (Å²) in [5, 5.41) is 0. The quantitative estimate of drug-likeness (QED) is 0.851. The molecule has 2 N–H and O–H groups in total. The van der Waals surface area contributed by atoms with Crippen molar-refractivity contribution in [3.8, 4) is 0 Å². The highest BCUT2D eigenvalue weighted by Crippen LogP contribution is 2.11. The Morgan fingerprint density at radius 1 is 1.22 bits per heavy atom. The van der Waals surface area contributed by atoms with Gasteiger partial charge in [0.1, 0.15) is 6.04 Å². The largest absolute Gasteiger partial charge is 0.368 e. The summed E-state index contributed by atoms with van der Waals surface area (Å²) in [5.74, 6) is -0.556. The maximum Gasteiger partial charge on any atom is 0.240 e. The summed E-state index contributed by atoms with van der Waals surface area (Å²) in [6, 6.07) is 8.90. The van der Waals surface area contributed by atoms with Crippen LogP contribution in [-0.2, 0) is 16.0 Å². The van der Waals surface area contributed by atoms with E-state index in [9.17, 15) is 9.59 Å². The molecule has 0 spiro atoms. The number of hydrogen-bond donors (Lipinski definition) is 1. The van der Waals surface area contributed by atoms with Crippen molar-refractivity contribution in [2.24, 2.45) is 11.7 Å². The van der Waals surface area contributed by atoms with Gasteiger partial charge in [-0.2, -0.15) is 0 Å². The van der Waals surface area contributed by atoms with Crippen LogP contribution in [0.5, 0.6) is 0 Å². The van der Waals surface area contributed by atoms with Gasteiger partial charge >= 0.3 is 0 Å². The number of nitrogens with two attached hydrogens (primary N) is 1. The van der Waals surface area contributed by atoms with E-state index in [1.54, 1.807) is 7.05 Å². The smallest absolute Gasteiger partial charge is 0.240 e. The van der Waals surface area contributed by atoms with Crippen molar-refractivity contribution in [3.05, 3.63) is 35.9 Å². The van der Waals surface area contributed by atoms with Crippen LogP contribution in [0.25, 0.3) is 0 Å². The summed E-state index contributed by atoms with van der Waals surface area (Å²) in [4.78, 5) is 24.9. The van der Waals surface area contributed by atoms with Gasteiger partial charge in [0, 0.05) is 7.05 Å². The van der Waals surface area contributed by atoms with E-state index < -0.39 is 11.9 Å². The number of benzene rings is 1. The molecule has 0 bridgehead atoms. The Bertz CT molecular complexity index is 415. The molecular formula is C14H20N2O2. The predicted octanol–water partition coefficient (Wildman–Crippen LogP) is 1.20. The Kier molecular flexibility index (Phi) is 4.89. The number of carbonyl (C=O) groups excluding carboxylic acids is 2. The fraction of sp³-hybridized carbons (Fsp3) is 0.429. The molecule has 2 amide bonds. The van der Waals surface area contributed by atoms with E-state index in [1.165, 1.54) is 4.90 Å². The monoisotopic (exact) mass is 248 g/mol. The lowest BCUT2D eigenvalue weighted by Gasteiger charge is -2.28. The molecule has 0 saturated carbocycles. The number of carbonyl (C=O) groups is 2. The first-order chi connectivity index (χ1) is 8.43. The lowest BCUT2D eigenvalue weighted by atomic mass is 10.0. The van der Waals surface area contributed by atoms with E-state index in [0.29, 0.717) is 0 Å². The van der Waals surface area contributed by atoms with Gasteiger partial charge in [-0.3, -0.25) is 9.59 Å². The van der Waals surface area contributed by atoms with Crippen molar-refractivity contribution >= 4 is 11.8 Å². The van der Waals surface area contributed by atoms with E-state index in [-0.39, 0.29) is 18.2 Å². The highest BCUT2D eigenvalue weighted by Gasteiger charge is 2.27. The second-order valence-electron chi connectivity index (χ2n) is 4.76. The van der Waals surface area contributed by atoms with Crippen LogP contribution >= 0.6 is 0 Å². The van der Waals surface area contributed by atoms with E-state index in [4.69, 9.17) is 5.73 Å². The first-order valence-electron chi connectivity index (χ1n) is 6.02. The molecule has 0 aliphatic carbocycles. The van der Waals surface area contributed by atoms with E-state index in [0.717, 1.165) is 5.56 Å². The van der Waals surface area contributed by atoms with Crippen LogP contribution in [-0.4, -0.2) is 29.8 Å². The second kappa shape index (κ2) is 6.19. The van der Waals surface area contributed by atoms with Crippen LogP contribution in [0, 0.1) is 5.92 Å². The molecule has 0 fully saturated rings. The van der Waals surface area contributed by atoms with Crippen LogP contribution in [0.15, 0.2) is 30.3 Å². The molecule has 18 heavy (non-hydrogen) atoms. The maximum absolute atomic E-state index is 12.1. The minimum absolute atomic E-state index is 0.00669. The topological polar surface area (TPSA) is 63.4 Å². The van der Waals surface area contributed by atoms with Crippen LogP contribution < -0.4 is 5.73 Å². The Labute approximate surface area is 108 Å². The second-order valence-corrected chi connectivity index (χ2v) is 4.76. The van der Waals surface area contributed by atoms with Crippen LogP contribution in [0.1, 0.15) is 19.4 Å². The number of amides is 2. The van der Waals surface area contributed by atoms with Crippen LogP contribution in [0.2, 0.25) is 0 Å². The average Bonchev–Trinajstić information content (AvgIpc) is 2.29. The van der Waals surface area contributed by atoms with Crippen molar-refractivity contribution in [1.29, 1.82) is 0 Å². The fourth-order valence-electron chi connectivity index (χ4n) is 2.02. The molecule has 1 rings (SSSR count). The lowest BCUT2D eigenvalue weighted by Crippen LogP contribution is -2.49. The zero-order valence-electron chi connectivity index (χ0n) is 11.1. The van der Waals surface area contributed by atoms with Gasteiger partial charge in [0.15, 0.2) is 0 Å². The standard InChI is InChI=1S/C14H20N2O2/c1-10(2)13(14(15)18)16(3)12(17)9-11-7-5-4-6-8-11/h4-8,10,13H,9H2,1-3H3,(H2,15,18). The number of hydrogen-bond acceptors (Lipinski definition) is 2. The number of rotatable bonds is 5. The SMILES string of the molecule is CC(C)C(C(N)=O)N(C)C(=O)Cc1ccccc1. The van der Waals surface area contributed by atoms with Gasteiger partial charge in [0.2, 0.25) is 11.8 Å². The molecular weight excluding hydrogens is 228 g/mol. The minimum atomic E-state index is -0.554. The number of primary amides is 1. The maximum atomic E-state index is 12.1. The number of likely N-dealkylation sites (N-methyl/N-ethyl adjacent to an activating group) is 1. The molecule has 1 aromatic rings. The first-order valence-corrected chi connectivity index (χ1v) is 6.02. The summed E-state index contributed by atoms with van der Waals surface area (Å²) in [6.45, 7) is 3.75. The van der Waals surface area contributed by atoms with Gasteiger partial charge in [0.05, 0.1) is 6.42 Å². The zero-order valence-corrected chi connectivity index (χ0v) is 11.1. The van der Waals surface area contributed by atoms with Crippen molar-refractivity contribution in [2.75, 3.05) is 7.05 Å². The molecule has 1 unspecified atom stereocenters. The molecule has 0 heterocycles. The Morgan fingerprint density at radius 2 is 1.78 bits per heavy atom. The summed E-state index contributed by atoms with van der Waals surface area (Å²) in [7, 11) is 1.63. The third kappa shape index (κ3) is 3.58. The summed E-state index contributed by atoms with van der Waals surface area (Å²) in [6.07, 6.45) is 0.286. The predicted molar refractivity (Wildman–Crippen MR) is 70.7 cm³/mol. The number of nitrogens with zero attached hydrogens (tertiary/aromatic N) is 1. The molecule has 0 radical (unpaired) electrons. The van der Waals surface area contributed by atoms with Gasteiger partial charge in [-0.15, -0.1) is 0 Å². The normalized spacial score (nSPS) is 12.2. The molecule has 1 atom stereocenters. The third-order valence-corrected chi connectivity index (χ3v) is 2.93. The van der Waals surface area contributed by atoms with Crippen LogP contribution in [0.4, 0.5) is 0 Å². The molecule has 0 saturated heterocycles. The molecule has 0 aromatic heterocycles. The Morgan fingerprint density at radius 3 is 2.22 bits per heavy atom. The Balaban J connectivity index is 2.74. The summed E-state index contributed by atoms with van der Waals surface area (Å²) in [5.41, 5.74) is 6.27. The molecule has 1 aromatic carbocycles. The van der Waals surface area contributed by atoms with E-state index in [2.05, 4.69) is 0 Å². The molecule has 4 nitrogen and oxygen atoms in total.